The van der Waals surface area contributed by atoms with Gasteiger partial charge >= 0.3 is 0 Å². The number of carbonyl (C=O) groups is 1. The molecule has 4 rings (SSSR count). The second-order valence-electron chi connectivity index (χ2n) is 7.74. The van der Waals surface area contributed by atoms with E-state index in [2.05, 4.69) is 19.1 Å². The van der Waals surface area contributed by atoms with Crippen LogP contribution in [-0.2, 0) is 11.2 Å². The highest BCUT2D eigenvalue weighted by molar-refractivity contribution is 5.87. The summed E-state index contributed by atoms with van der Waals surface area (Å²) in [5, 5.41) is 0. The third kappa shape index (κ3) is 2.05. The number of ketones is 1. The zero-order valence-corrected chi connectivity index (χ0v) is 14.4. The third-order valence-electron chi connectivity index (χ3n) is 6.94. The maximum atomic E-state index is 12.4. The van der Waals surface area contributed by atoms with Crippen LogP contribution >= 0.6 is 0 Å². The van der Waals surface area contributed by atoms with Crippen molar-refractivity contribution >= 4 is 5.78 Å². The van der Waals surface area contributed by atoms with Crippen molar-refractivity contribution in [3.05, 3.63) is 23.3 Å². The smallest absolute Gasteiger partial charge is 0.161 e. The molecule has 3 nitrogen and oxygen atoms in total. The first kappa shape index (κ1) is 15.0. The summed E-state index contributed by atoms with van der Waals surface area (Å²) in [6.45, 7) is 2.23. The molecule has 0 saturated heterocycles. The van der Waals surface area contributed by atoms with E-state index in [9.17, 15) is 4.79 Å². The Labute approximate surface area is 138 Å². The van der Waals surface area contributed by atoms with E-state index in [1.54, 1.807) is 14.2 Å². The van der Waals surface area contributed by atoms with Gasteiger partial charge in [0.1, 0.15) is 5.78 Å². The summed E-state index contributed by atoms with van der Waals surface area (Å²) >= 11 is 0. The molecular formula is C20H26O3. The second-order valence-corrected chi connectivity index (χ2v) is 7.74. The van der Waals surface area contributed by atoms with Crippen molar-refractivity contribution in [2.75, 3.05) is 14.2 Å². The number of methoxy groups -OCH3 is 2. The number of aryl methyl sites for hydroxylation is 1. The van der Waals surface area contributed by atoms with Crippen LogP contribution in [0, 0.1) is 17.3 Å². The van der Waals surface area contributed by atoms with Crippen molar-refractivity contribution in [3.8, 4) is 11.5 Å². The quantitative estimate of drug-likeness (QED) is 0.823. The van der Waals surface area contributed by atoms with E-state index >= 15 is 0 Å². The molecule has 0 heterocycles. The molecule has 0 bridgehead atoms. The third-order valence-corrected chi connectivity index (χ3v) is 6.94. The minimum absolute atomic E-state index is 0.0464. The van der Waals surface area contributed by atoms with Crippen molar-refractivity contribution in [1.82, 2.24) is 0 Å². The van der Waals surface area contributed by atoms with Gasteiger partial charge < -0.3 is 9.47 Å². The molecule has 3 aliphatic carbocycles. The summed E-state index contributed by atoms with van der Waals surface area (Å²) in [6, 6.07) is 4.36. The summed E-state index contributed by atoms with van der Waals surface area (Å²) in [7, 11) is 3.41. The molecular weight excluding hydrogens is 288 g/mol. The van der Waals surface area contributed by atoms with E-state index in [0.717, 1.165) is 43.6 Å². The lowest BCUT2D eigenvalue weighted by molar-refractivity contribution is -0.129. The average Bonchev–Trinajstić information content (AvgIpc) is 2.88. The van der Waals surface area contributed by atoms with Crippen molar-refractivity contribution in [3.63, 3.8) is 0 Å². The van der Waals surface area contributed by atoms with E-state index in [1.165, 1.54) is 17.5 Å². The van der Waals surface area contributed by atoms with E-state index in [0.29, 0.717) is 23.5 Å². The molecule has 23 heavy (non-hydrogen) atoms. The molecule has 2 fully saturated rings. The van der Waals surface area contributed by atoms with Gasteiger partial charge in [0.15, 0.2) is 11.5 Å². The number of fused-ring (bicyclic) bond motifs is 5. The Kier molecular flexibility index (Phi) is 3.44. The summed E-state index contributed by atoms with van der Waals surface area (Å²) in [6.07, 6.45) is 6.37. The van der Waals surface area contributed by atoms with Crippen LogP contribution in [0.3, 0.4) is 0 Å². The first-order chi connectivity index (χ1) is 11.1. The number of hydrogen-bond donors (Lipinski definition) is 0. The Morgan fingerprint density at radius 2 is 1.78 bits per heavy atom. The maximum absolute atomic E-state index is 12.4. The number of benzene rings is 1. The van der Waals surface area contributed by atoms with Crippen molar-refractivity contribution in [2.45, 2.75) is 51.4 Å². The Hall–Kier alpha value is -1.51. The fourth-order valence-corrected chi connectivity index (χ4v) is 5.67. The molecule has 3 heteroatoms. The maximum Gasteiger partial charge on any atom is 0.161 e. The molecule has 1 aromatic carbocycles. The molecule has 3 aliphatic rings. The monoisotopic (exact) mass is 314 g/mol. The SMILES string of the molecule is COc1cc2c(cc1OC)C1CC[C@]3(C)C(=O)CCC3C1CC2. The molecule has 1 aromatic rings. The van der Waals surface area contributed by atoms with Crippen LogP contribution in [0.5, 0.6) is 11.5 Å². The number of ether oxygens (including phenoxy) is 2. The molecule has 0 radical (unpaired) electrons. The molecule has 0 aromatic heterocycles. The molecule has 4 atom stereocenters. The lowest BCUT2D eigenvalue weighted by atomic mass is 9.55. The van der Waals surface area contributed by atoms with Gasteiger partial charge in [-0.05, 0) is 73.1 Å². The predicted octanol–water partition coefficient (Wildman–Crippen LogP) is 4.13. The predicted molar refractivity (Wildman–Crippen MR) is 89.2 cm³/mol. The minimum Gasteiger partial charge on any atom is -0.493 e. The van der Waals surface area contributed by atoms with Crippen molar-refractivity contribution in [2.24, 2.45) is 17.3 Å². The van der Waals surface area contributed by atoms with Crippen LogP contribution in [0.1, 0.15) is 56.1 Å². The van der Waals surface area contributed by atoms with Crippen LogP contribution in [-0.4, -0.2) is 20.0 Å². The Bertz CT molecular complexity index is 651. The molecule has 0 amide bonds. The van der Waals surface area contributed by atoms with Gasteiger partial charge in [0.05, 0.1) is 14.2 Å². The zero-order chi connectivity index (χ0) is 16.2. The minimum atomic E-state index is -0.0464. The molecule has 2 saturated carbocycles. The van der Waals surface area contributed by atoms with Gasteiger partial charge in [0.25, 0.3) is 0 Å². The molecule has 0 aliphatic heterocycles. The van der Waals surface area contributed by atoms with Gasteiger partial charge in [-0.3, -0.25) is 4.79 Å². The highest BCUT2D eigenvalue weighted by atomic mass is 16.5. The standard InChI is InChI=1S/C20H26O3/c1-20-9-8-13-14(16(20)6-7-19(20)21)5-4-12-10-17(22-2)18(23-3)11-15(12)13/h10-11,13-14,16H,4-9H2,1-3H3/t13?,14?,16?,20-/m0/s1. The summed E-state index contributed by atoms with van der Waals surface area (Å²) in [5.41, 5.74) is 2.81. The normalized spacial score (nSPS) is 35.3. The van der Waals surface area contributed by atoms with Crippen LogP contribution in [0.2, 0.25) is 0 Å². The highest BCUT2D eigenvalue weighted by Gasteiger charge is 2.54. The summed E-state index contributed by atoms with van der Waals surface area (Å²) < 4.78 is 11.0. The lowest BCUT2D eigenvalue weighted by Crippen LogP contribution is -2.42. The van der Waals surface area contributed by atoms with Crippen LogP contribution in [0.15, 0.2) is 12.1 Å². The fraction of sp³-hybridized carbons (Fsp3) is 0.650. The van der Waals surface area contributed by atoms with Crippen LogP contribution in [0.4, 0.5) is 0 Å². The molecule has 124 valence electrons. The van der Waals surface area contributed by atoms with Crippen LogP contribution < -0.4 is 9.47 Å². The molecule has 0 spiro atoms. The Balaban J connectivity index is 1.73. The Morgan fingerprint density at radius 3 is 2.52 bits per heavy atom. The zero-order valence-electron chi connectivity index (χ0n) is 14.4. The van der Waals surface area contributed by atoms with Gasteiger partial charge in [0.2, 0.25) is 0 Å². The topological polar surface area (TPSA) is 35.5 Å². The number of rotatable bonds is 2. The second kappa shape index (κ2) is 5.25. The number of hydrogen-bond acceptors (Lipinski definition) is 3. The number of carbonyl (C=O) groups excluding carboxylic acids is 1. The number of Topliss-reactive ketones (excluding diaryl/α,β-unsaturated/α-hetero) is 1. The molecule has 0 N–H and O–H groups in total. The van der Waals surface area contributed by atoms with Crippen LogP contribution in [0.25, 0.3) is 0 Å². The van der Waals surface area contributed by atoms with E-state index in [4.69, 9.17) is 9.47 Å². The summed E-state index contributed by atoms with van der Waals surface area (Å²) in [4.78, 5) is 12.4. The van der Waals surface area contributed by atoms with E-state index < -0.39 is 0 Å². The van der Waals surface area contributed by atoms with E-state index in [1.807, 2.05) is 0 Å². The Morgan fingerprint density at radius 1 is 1.04 bits per heavy atom. The largest absolute Gasteiger partial charge is 0.493 e. The highest BCUT2D eigenvalue weighted by Crippen LogP contribution is 2.60. The first-order valence-corrected chi connectivity index (χ1v) is 8.86. The van der Waals surface area contributed by atoms with Gasteiger partial charge in [-0.15, -0.1) is 0 Å². The molecule has 3 unspecified atom stereocenters. The van der Waals surface area contributed by atoms with Gasteiger partial charge in [-0.2, -0.15) is 0 Å². The average molecular weight is 314 g/mol. The first-order valence-electron chi connectivity index (χ1n) is 8.86. The lowest BCUT2D eigenvalue weighted by Gasteiger charge is -2.48. The summed E-state index contributed by atoms with van der Waals surface area (Å²) in [5.74, 6) is 4.01. The van der Waals surface area contributed by atoms with E-state index in [-0.39, 0.29) is 5.41 Å². The van der Waals surface area contributed by atoms with Gasteiger partial charge in [0, 0.05) is 11.8 Å². The fourth-order valence-electron chi connectivity index (χ4n) is 5.67. The van der Waals surface area contributed by atoms with Crippen molar-refractivity contribution < 1.29 is 14.3 Å². The van der Waals surface area contributed by atoms with Gasteiger partial charge in [-0.25, -0.2) is 0 Å². The van der Waals surface area contributed by atoms with Crippen molar-refractivity contribution in [1.29, 1.82) is 0 Å². The van der Waals surface area contributed by atoms with Gasteiger partial charge in [-0.1, -0.05) is 6.92 Å².